The number of rotatable bonds is 4. The lowest BCUT2D eigenvalue weighted by Crippen LogP contribution is -2.44. The third kappa shape index (κ3) is 3.51. The number of carbonyl (C=O) groups excluding carboxylic acids is 1. The standard InChI is InChI=1S/C20H23N3OS/c1-5-23-17-9-8-15(11-16(17)14(2)12-20(23,3)4)13-21-22-19(24)18-7-6-10-25-18/h6-13H,5H2,1-4H3,(H,22,24)/b21-13+. The highest BCUT2D eigenvalue weighted by Gasteiger charge is 2.29. The molecule has 5 heteroatoms. The van der Waals surface area contributed by atoms with Gasteiger partial charge in [0.25, 0.3) is 5.91 Å². The van der Waals surface area contributed by atoms with Crippen molar-refractivity contribution in [2.45, 2.75) is 33.2 Å². The van der Waals surface area contributed by atoms with Crippen LogP contribution in [0.1, 0.15) is 48.5 Å². The molecule has 0 radical (unpaired) electrons. The number of likely N-dealkylation sites (N-methyl/N-ethyl adjacent to an activating group) is 1. The number of hydrogen-bond acceptors (Lipinski definition) is 4. The first-order chi connectivity index (χ1) is 11.9. The first kappa shape index (κ1) is 17.4. The average Bonchev–Trinajstić information content (AvgIpc) is 3.09. The summed E-state index contributed by atoms with van der Waals surface area (Å²) in [4.78, 5) is 15.0. The van der Waals surface area contributed by atoms with Crippen LogP contribution in [0.25, 0.3) is 5.57 Å². The molecule has 25 heavy (non-hydrogen) atoms. The number of carbonyl (C=O) groups is 1. The van der Waals surface area contributed by atoms with Crippen molar-refractivity contribution in [1.82, 2.24) is 5.43 Å². The molecule has 1 aromatic carbocycles. The normalized spacial score (nSPS) is 15.8. The van der Waals surface area contributed by atoms with Gasteiger partial charge in [0.15, 0.2) is 0 Å². The number of hydrazone groups is 1. The molecular formula is C20H23N3OS. The van der Waals surface area contributed by atoms with Crippen LogP contribution in [0.4, 0.5) is 5.69 Å². The Balaban J connectivity index is 1.81. The Hall–Kier alpha value is -2.40. The summed E-state index contributed by atoms with van der Waals surface area (Å²) < 4.78 is 0. The monoisotopic (exact) mass is 353 g/mol. The van der Waals surface area contributed by atoms with E-state index in [-0.39, 0.29) is 11.4 Å². The number of thiophene rings is 1. The maximum Gasteiger partial charge on any atom is 0.281 e. The predicted molar refractivity (Wildman–Crippen MR) is 107 cm³/mol. The summed E-state index contributed by atoms with van der Waals surface area (Å²) in [7, 11) is 0. The molecule has 3 rings (SSSR count). The maximum absolute atomic E-state index is 11.9. The average molecular weight is 353 g/mol. The van der Waals surface area contributed by atoms with Crippen molar-refractivity contribution in [2.24, 2.45) is 5.10 Å². The van der Waals surface area contributed by atoms with E-state index in [1.807, 2.05) is 17.5 Å². The first-order valence-corrected chi connectivity index (χ1v) is 9.29. The summed E-state index contributed by atoms with van der Waals surface area (Å²) in [5.41, 5.74) is 7.28. The first-order valence-electron chi connectivity index (χ1n) is 8.41. The molecule has 1 aromatic heterocycles. The van der Waals surface area contributed by atoms with E-state index in [9.17, 15) is 4.79 Å². The second kappa shape index (κ2) is 6.84. The molecule has 0 saturated heterocycles. The van der Waals surface area contributed by atoms with Crippen LogP contribution in [0.3, 0.4) is 0 Å². The van der Waals surface area contributed by atoms with Crippen LogP contribution in [-0.2, 0) is 0 Å². The van der Waals surface area contributed by atoms with E-state index < -0.39 is 0 Å². The fourth-order valence-corrected chi connectivity index (χ4v) is 4.00. The third-order valence-corrected chi connectivity index (χ3v) is 5.31. The lowest BCUT2D eigenvalue weighted by Gasteiger charge is -2.42. The Kier molecular flexibility index (Phi) is 4.77. The lowest BCUT2D eigenvalue weighted by atomic mass is 9.88. The summed E-state index contributed by atoms with van der Waals surface area (Å²) in [6.45, 7) is 9.74. The van der Waals surface area contributed by atoms with Crippen molar-refractivity contribution < 1.29 is 4.79 Å². The Bertz CT molecular complexity index is 835. The van der Waals surface area contributed by atoms with E-state index in [4.69, 9.17) is 0 Å². The van der Waals surface area contributed by atoms with E-state index in [0.29, 0.717) is 4.88 Å². The van der Waals surface area contributed by atoms with Crippen LogP contribution < -0.4 is 10.3 Å². The fraction of sp³-hybridized carbons (Fsp3) is 0.300. The molecule has 0 fully saturated rings. The zero-order chi connectivity index (χ0) is 18.0. The zero-order valence-corrected chi connectivity index (χ0v) is 15.9. The number of fused-ring (bicyclic) bond motifs is 1. The van der Waals surface area contributed by atoms with Gasteiger partial charge in [0.1, 0.15) is 0 Å². The summed E-state index contributed by atoms with van der Waals surface area (Å²) >= 11 is 1.40. The molecule has 0 unspecified atom stereocenters. The van der Waals surface area contributed by atoms with Crippen LogP contribution in [0, 0.1) is 0 Å². The second-order valence-electron chi connectivity index (χ2n) is 6.68. The van der Waals surface area contributed by atoms with Gasteiger partial charge in [0.2, 0.25) is 0 Å². The number of nitrogens with zero attached hydrogens (tertiary/aromatic N) is 2. The van der Waals surface area contributed by atoms with Gasteiger partial charge in [-0.2, -0.15) is 5.10 Å². The van der Waals surface area contributed by atoms with Gasteiger partial charge in [-0.1, -0.05) is 18.2 Å². The number of anilines is 1. The topological polar surface area (TPSA) is 44.7 Å². The van der Waals surface area contributed by atoms with Crippen molar-refractivity contribution in [1.29, 1.82) is 0 Å². The van der Waals surface area contributed by atoms with Gasteiger partial charge in [0, 0.05) is 17.8 Å². The molecule has 0 saturated carbocycles. The molecule has 1 N–H and O–H groups in total. The van der Waals surface area contributed by atoms with Crippen molar-refractivity contribution in [3.05, 3.63) is 57.8 Å². The number of allylic oxidation sites excluding steroid dienone is 1. The Morgan fingerprint density at radius 1 is 1.36 bits per heavy atom. The molecule has 4 nitrogen and oxygen atoms in total. The van der Waals surface area contributed by atoms with Gasteiger partial charge in [-0.25, -0.2) is 5.43 Å². The van der Waals surface area contributed by atoms with Gasteiger partial charge in [-0.3, -0.25) is 4.79 Å². The van der Waals surface area contributed by atoms with Crippen molar-refractivity contribution in [3.63, 3.8) is 0 Å². The molecule has 0 atom stereocenters. The van der Waals surface area contributed by atoms with E-state index in [1.165, 1.54) is 28.2 Å². The summed E-state index contributed by atoms with van der Waals surface area (Å²) in [5, 5.41) is 5.96. The van der Waals surface area contributed by atoms with E-state index >= 15 is 0 Å². The van der Waals surface area contributed by atoms with E-state index in [1.54, 1.807) is 12.3 Å². The quantitative estimate of drug-likeness (QED) is 0.648. The van der Waals surface area contributed by atoms with Crippen molar-refractivity contribution in [3.8, 4) is 0 Å². The van der Waals surface area contributed by atoms with Crippen LogP contribution in [0.5, 0.6) is 0 Å². The number of benzene rings is 1. The van der Waals surface area contributed by atoms with Gasteiger partial charge in [-0.15, -0.1) is 11.3 Å². The lowest BCUT2D eigenvalue weighted by molar-refractivity contribution is 0.0959. The Morgan fingerprint density at radius 3 is 2.84 bits per heavy atom. The molecular weight excluding hydrogens is 330 g/mol. The molecule has 1 aliphatic rings. The summed E-state index contributed by atoms with van der Waals surface area (Å²) in [6, 6.07) is 9.93. The van der Waals surface area contributed by atoms with Crippen molar-refractivity contribution >= 4 is 34.7 Å². The minimum Gasteiger partial charge on any atom is -0.363 e. The number of amides is 1. The summed E-state index contributed by atoms with van der Waals surface area (Å²) in [6.07, 6.45) is 3.99. The summed E-state index contributed by atoms with van der Waals surface area (Å²) in [5.74, 6) is -0.181. The predicted octanol–water partition coefficient (Wildman–Crippen LogP) is 4.53. The minimum absolute atomic E-state index is 0.0100. The zero-order valence-electron chi connectivity index (χ0n) is 15.0. The molecule has 1 amide bonds. The minimum atomic E-state index is -0.181. The van der Waals surface area contributed by atoms with Gasteiger partial charge < -0.3 is 4.90 Å². The van der Waals surface area contributed by atoms with E-state index in [0.717, 1.165) is 12.1 Å². The highest BCUT2D eigenvalue weighted by atomic mass is 32.1. The molecule has 0 bridgehead atoms. The fourth-order valence-electron chi connectivity index (χ4n) is 3.39. The van der Waals surface area contributed by atoms with Crippen LogP contribution in [0.15, 0.2) is 46.9 Å². The number of hydrogen-bond donors (Lipinski definition) is 1. The van der Waals surface area contributed by atoms with Gasteiger partial charge >= 0.3 is 0 Å². The maximum atomic E-state index is 11.9. The molecule has 0 spiro atoms. The SMILES string of the molecule is CCN1c2ccc(/C=N/NC(=O)c3cccs3)cc2C(C)=CC1(C)C. The smallest absolute Gasteiger partial charge is 0.281 e. The van der Waals surface area contributed by atoms with Crippen LogP contribution in [-0.4, -0.2) is 24.2 Å². The molecule has 1 aliphatic heterocycles. The van der Waals surface area contributed by atoms with Crippen molar-refractivity contribution in [2.75, 3.05) is 11.4 Å². The molecule has 0 aliphatic carbocycles. The third-order valence-electron chi connectivity index (χ3n) is 4.44. The highest BCUT2D eigenvalue weighted by Crippen LogP contribution is 2.38. The molecule has 2 heterocycles. The highest BCUT2D eigenvalue weighted by molar-refractivity contribution is 7.12. The molecule has 2 aromatic rings. The number of nitrogens with one attached hydrogen (secondary N) is 1. The second-order valence-corrected chi connectivity index (χ2v) is 7.63. The Morgan fingerprint density at radius 2 is 2.16 bits per heavy atom. The Labute approximate surface area is 152 Å². The van der Waals surface area contributed by atoms with Gasteiger partial charge in [0.05, 0.1) is 16.6 Å². The van der Waals surface area contributed by atoms with Crippen LogP contribution >= 0.6 is 11.3 Å². The largest absolute Gasteiger partial charge is 0.363 e. The molecule has 130 valence electrons. The van der Waals surface area contributed by atoms with E-state index in [2.05, 4.69) is 61.3 Å². The van der Waals surface area contributed by atoms with Gasteiger partial charge in [-0.05, 0) is 62.4 Å². The van der Waals surface area contributed by atoms with Crippen LogP contribution in [0.2, 0.25) is 0 Å².